The normalized spacial score (nSPS) is 24.6. The molecule has 0 aliphatic heterocycles. The van der Waals surface area contributed by atoms with Crippen molar-refractivity contribution in [1.82, 2.24) is 0 Å². The van der Waals surface area contributed by atoms with Crippen LogP contribution in [0.1, 0.15) is 37.7 Å². The smallest absolute Gasteiger partial charge is 0.138 e. The van der Waals surface area contributed by atoms with Crippen molar-refractivity contribution in [2.75, 3.05) is 0 Å². The number of nitrogens with two attached hydrogens (primary N) is 1. The van der Waals surface area contributed by atoms with Gasteiger partial charge in [0.2, 0.25) is 0 Å². The van der Waals surface area contributed by atoms with Crippen molar-refractivity contribution in [3.63, 3.8) is 0 Å². The molecule has 1 aliphatic carbocycles. The van der Waals surface area contributed by atoms with Crippen molar-refractivity contribution in [1.29, 1.82) is 0 Å². The van der Waals surface area contributed by atoms with Crippen molar-refractivity contribution in [3.8, 4) is 5.75 Å². The molecule has 0 spiro atoms. The molecule has 0 saturated heterocycles. The van der Waals surface area contributed by atoms with Gasteiger partial charge in [0.15, 0.2) is 0 Å². The first-order chi connectivity index (χ1) is 8.70. The lowest BCUT2D eigenvalue weighted by Gasteiger charge is -2.22. The van der Waals surface area contributed by atoms with Crippen LogP contribution in [-0.4, -0.2) is 17.3 Å². The number of aliphatic hydroxyl groups excluding tert-OH is 1. The second-order valence-electron chi connectivity index (χ2n) is 4.83. The predicted octanol–water partition coefficient (Wildman–Crippen LogP) is 2.87. The van der Waals surface area contributed by atoms with Crippen LogP contribution >= 0.6 is 11.6 Å². The molecule has 0 bridgehead atoms. The van der Waals surface area contributed by atoms with E-state index < -0.39 is 6.10 Å². The molecule has 1 aromatic rings. The number of rotatable bonds is 3. The van der Waals surface area contributed by atoms with E-state index in [0.29, 0.717) is 17.3 Å². The van der Waals surface area contributed by atoms with Crippen LogP contribution in [0.4, 0.5) is 0 Å². The Balaban J connectivity index is 2.07. The molecule has 0 aromatic heterocycles. The summed E-state index contributed by atoms with van der Waals surface area (Å²) in [6, 6.07) is 5.56. The molecular formula is C14H20ClNO2. The van der Waals surface area contributed by atoms with Crippen LogP contribution in [-0.2, 0) is 6.54 Å². The monoisotopic (exact) mass is 269 g/mol. The molecule has 2 unspecified atom stereocenters. The van der Waals surface area contributed by atoms with Gasteiger partial charge in [-0.2, -0.15) is 0 Å². The molecule has 0 radical (unpaired) electrons. The van der Waals surface area contributed by atoms with E-state index in [1.807, 2.05) is 18.2 Å². The van der Waals surface area contributed by atoms with Crippen molar-refractivity contribution < 1.29 is 9.84 Å². The summed E-state index contributed by atoms with van der Waals surface area (Å²) in [6.45, 7) is 0.464. The van der Waals surface area contributed by atoms with Gasteiger partial charge in [-0.1, -0.05) is 30.5 Å². The summed E-state index contributed by atoms with van der Waals surface area (Å²) in [6.07, 6.45) is 4.49. The number of ether oxygens (including phenoxy) is 1. The molecule has 4 heteroatoms. The number of aliphatic hydroxyl groups is 1. The first-order valence-corrected chi connectivity index (χ1v) is 6.91. The molecule has 0 amide bonds. The zero-order valence-electron chi connectivity index (χ0n) is 10.4. The first-order valence-electron chi connectivity index (χ1n) is 6.54. The Hall–Kier alpha value is -0.770. The third-order valence-corrected chi connectivity index (χ3v) is 3.72. The minimum Gasteiger partial charge on any atom is -0.486 e. The summed E-state index contributed by atoms with van der Waals surface area (Å²) in [7, 11) is 0. The first kappa shape index (κ1) is 13.7. The molecule has 1 aromatic carbocycles. The quantitative estimate of drug-likeness (QED) is 0.830. The Labute approximate surface area is 113 Å². The standard InChI is InChI=1S/C14H20ClNO2/c15-11-8-10(9-16)6-7-13(11)18-14-5-3-1-2-4-12(14)17/h6-8,12,14,17H,1-5,9,16H2. The summed E-state index contributed by atoms with van der Waals surface area (Å²) in [5, 5.41) is 10.6. The van der Waals surface area contributed by atoms with Gasteiger partial charge < -0.3 is 15.6 Å². The zero-order valence-corrected chi connectivity index (χ0v) is 11.2. The Morgan fingerprint density at radius 3 is 2.78 bits per heavy atom. The highest BCUT2D eigenvalue weighted by Crippen LogP contribution is 2.29. The Bertz CT molecular complexity index is 397. The summed E-state index contributed by atoms with van der Waals surface area (Å²) in [4.78, 5) is 0. The Morgan fingerprint density at radius 1 is 1.28 bits per heavy atom. The lowest BCUT2D eigenvalue weighted by atomic mass is 10.1. The largest absolute Gasteiger partial charge is 0.486 e. The van der Waals surface area contributed by atoms with E-state index in [9.17, 15) is 5.11 Å². The second-order valence-corrected chi connectivity index (χ2v) is 5.24. The number of hydrogen-bond acceptors (Lipinski definition) is 3. The fourth-order valence-corrected chi connectivity index (χ4v) is 2.57. The number of halogens is 1. The van der Waals surface area contributed by atoms with E-state index in [1.165, 1.54) is 0 Å². The van der Waals surface area contributed by atoms with E-state index in [0.717, 1.165) is 37.7 Å². The van der Waals surface area contributed by atoms with Crippen molar-refractivity contribution in [2.45, 2.75) is 50.9 Å². The molecule has 1 aliphatic rings. The van der Waals surface area contributed by atoms with Crippen LogP contribution < -0.4 is 10.5 Å². The average molecular weight is 270 g/mol. The molecule has 1 saturated carbocycles. The zero-order chi connectivity index (χ0) is 13.0. The summed E-state index contributed by atoms with van der Waals surface area (Å²) >= 11 is 6.15. The van der Waals surface area contributed by atoms with E-state index >= 15 is 0 Å². The van der Waals surface area contributed by atoms with Crippen molar-refractivity contribution >= 4 is 11.6 Å². The Kier molecular flexibility index (Phi) is 4.87. The van der Waals surface area contributed by atoms with Gasteiger partial charge in [-0.25, -0.2) is 0 Å². The summed E-state index contributed by atoms with van der Waals surface area (Å²) in [5.41, 5.74) is 6.54. The molecule has 2 rings (SSSR count). The van der Waals surface area contributed by atoms with E-state index in [2.05, 4.69) is 0 Å². The summed E-state index contributed by atoms with van der Waals surface area (Å²) in [5.74, 6) is 0.639. The third-order valence-electron chi connectivity index (χ3n) is 3.43. The lowest BCUT2D eigenvalue weighted by Crippen LogP contribution is -2.30. The fraction of sp³-hybridized carbons (Fsp3) is 0.571. The van der Waals surface area contributed by atoms with Gasteiger partial charge in [-0.05, 0) is 37.0 Å². The molecule has 0 heterocycles. The van der Waals surface area contributed by atoms with Gasteiger partial charge in [0, 0.05) is 6.54 Å². The molecule has 3 N–H and O–H groups in total. The maximum absolute atomic E-state index is 10.0. The van der Waals surface area contributed by atoms with Gasteiger partial charge in [-0.15, -0.1) is 0 Å². The van der Waals surface area contributed by atoms with Gasteiger partial charge in [0.25, 0.3) is 0 Å². The van der Waals surface area contributed by atoms with Crippen LogP contribution in [0.25, 0.3) is 0 Å². The Morgan fingerprint density at radius 2 is 2.06 bits per heavy atom. The lowest BCUT2D eigenvalue weighted by molar-refractivity contribution is 0.0320. The topological polar surface area (TPSA) is 55.5 Å². The van der Waals surface area contributed by atoms with Gasteiger partial charge in [-0.3, -0.25) is 0 Å². The van der Waals surface area contributed by atoms with Gasteiger partial charge in [0.05, 0.1) is 11.1 Å². The van der Waals surface area contributed by atoms with Gasteiger partial charge in [0.1, 0.15) is 11.9 Å². The van der Waals surface area contributed by atoms with Crippen LogP contribution in [0, 0.1) is 0 Å². The van der Waals surface area contributed by atoms with E-state index in [4.69, 9.17) is 22.1 Å². The third kappa shape index (κ3) is 3.37. The maximum atomic E-state index is 10.0. The highest BCUT2D eigenvalue weighted by molar-refractivity contribution is 6.32. The van der Waals surface area contributed by atoms with E-state index in [-0.39, 0.29) is 6.10 Å². The molecular weight excluding hydrogens is 250 g/mol. The van der Waals surface area contributed by atoms with Crippen LogP contribution in [0.15, 0.2) is 18.2 Å². The van der Waals surface area contributed by atoms with Crippen LogP contribution in [0.2, 0.25) is 5.02 Å². The molecule has 100 valence electrons. The van der Waals surface area contributed by atoms with Gasteiger partial charge >= 0.3 is 0 Å². The molecule has 3 nitrogen and oxygen atoms in total. The van der Waals surface area contributed by atoms with Crippen LogP contribution in [0.5, 0.6) is 5.75 Å². The van der Waals surface area contributed by atoms with Crippen LogP contribution in [0.3, 0.4) is 0 Å². The molecule has 2 atom stereocenters. The number of hydrogen-bond donors (Lipinski definition) is 2. The predicted molar refractivity (Wildman–Crippen MR) is 72.9 cm³/mol. The van der Waals surface area contributed by atoms with E-state index in [1.54, 1.807) is 0 Å². The summed E-state index contributed by atoms with van der Waals surface area (Å²) < 4.78 is 5.86. The minimum absolute atomic E-state index is 0.145. The van der Waals surface area contributed by atoms with Crippen molar-refractivity contribution in [3.05, 3.63) is 28.8 Å². The molecule has 18 heavy (non-hydrogen) atoms. The minimum atomic E-state index is -0.391. The average Bonchev–Trinajstić information content (AvgIpc) is 2.57. The second kappa shape index (κ2) is 6.41. The highest BCUT2D eigenvalue weighted by atomic mass is 35.5. The SMILES string of the molecule is NCc1ccc(OC2CCCCCC2O)c(Cl)c1. The van der Waals surface area contributed by atoms with Crippen molar-refractivity contribution in [2.24, 2.45) is 5.73 Å². The molecule has 1 fully saturated rings. The highest BCUT2D eigenvalue weighted by Gasteiger charge is 2.23. The maximum Gasteiger partial charge on any atom is 0.138 e. The fourth-order valence-electron chi connectivity index (χ4n) is 2.32. The number of benzene rings is 1.